The molecule has 0 spiro atoms. The maximum absolute atomic E-state index is 13.6. The Labute approximate surface area is 173 Å². The van der Waals surface area contributed by atoms with E-state index in [4.69, 9.17) is 15.3 Å². The summed E-state index contributed by atoms with van der Waals surface area (Å²) in [6.07, 6.45) is 0.593. The maximum Gasteiger partial charge on any atom is 0.267 e. The molecule has 1 heterocycles. The number of carbonyl (C=O) groups excluding carboxylic acids is 1. The molecular weight excluding hydrogens is 387 g/mol. The van der Waals surface area contributed by atoms with Crippen molar-refractivity contribution in [2.75, 3.05) is 5.32 Å². The summed E-state index contributed by atoms with van der Waals surface area (Å²) in [5.74, 6) is -0.0759. The molecule has 1 amide bonds. The predicted molar refractivity (Wildman–Crippen MR) is 112 cm³/mol. The predicted octanol–water partition coefficient (Wildman–Crippen LogP) is 3.99. The number of para-hydroxylation sites is 1. The van der Waals surface area contributed by atoms with E-state index in [2.05, 4.69) is 15.5 Å². The minimum absolute atomic E-state index is 0.00457. The van der Waals surface area contributed by atoms with Gasteiger partial charge in [-0.3, -0.25) is 4.79 Å². The molecule has 0 aliphatic heterocycles. The summed E-state index contributed by atoms with van der Waals surface area (Å²) >= 11 is 0. The molecule has 0 aliphatic carbocycles. The SMILES string of the molecule is Cc1ccc(NC(=O)C(C)ON=C(N)c2cccnc2Oc2ccccc2)cc1F. The molecule has 3 rings (SSSR count). The smallest absolute Gasteiger partial charge is 0.267 e. The van der Waals surface area contributed by atoms with Crippen LogP contribution in [0.2, 0.25) is 0 Å². The topological polar surface area (TPSA) is 98.8 Å². The van der Waals surface area contributed by atoms with E-state index < -0.39 is 17.8 Å². The Morgan fingerprint density at radius 3 is 2.67 bits per heavy atom. The van der Waals surface area contributed by atoms with Gasteiger partial charge in [0.2, 0.25) is 12.0 Å². The first-order valence-electron chi connectivity index (χ1n) is 9.18. The zero-order valence-corrected chi connectivity index (χ0v) is 16.5. The second-order valence-electron chi connectivity index (χ2n) is 6.45. The number of rotatable bonds is 7. The fraction of sp³-hybridized carbons (Fsp3) is 0.136. The van der Waals surface area contributed by atoms with Crippen molar-refractivity contribution < 1.29 is 18.8 Å². The number of anilines is 1. The van der Waals surface area contributed by atoms with Crippen LogP contribution in [-0.4, -0.2) is 22.8 Å². The van der Waals surface area contributed by atoms with Crippen molar-refractivity contribution in [1.82, 2.24) is 4.98 Å². The Kier molecular flexibility index (Phi) is 6.59. The lowest BCUT2D eigenvalue weighted by Crippen LogP contribution is -2.27. The molecule has 2 aromatic carbocycles. The first-order valence-corrected chi connectivity index (χ1v) is 9.18. The molecule has 0 saturated carbocycles. The second-order valence-corrected chi connectivity index (χ2v) is 6.45. The van der Waals surface area contributed by atoms with E-state index >= 15 is 0 Å². The van der Waals surface area contributed by atoms with Crippen LogP contribution in [0, 0.1) is 12.7 Å². The van der Waals surface area contributed by atoms with Gasteiger partial charge in [0.25, 0.3) is 5.91 Å². The standard InChI is InChI=1S/C22H21FN4O3/c1-14-10-11-16(13-19(14)23)26-21(28)15(2)30-27-20(24)18-9-6-12-25-22(18)29-17-7-4-3-5-8-17/h3-13,15H,1-2H3,(H2,24,27)(H,26,28). The van der Waals surface area contributed by atoms with Crippen LogP contribution in [0.4, 0.5) is 10.1 Å². The average Bonchev–Trinajstić information content (AvgIpc) is 2.75. The third-order valence-corrected chi connectivity index (χ3v) is 4.12. The van der Waals surface area contributed by atoms with Gasteiger partial charge in [-0.05, 0) is 55.8 Å². The molecule has 0 saturated heterocycles. The van der Waals surface area contributed by atoms with Crippen LogP contribution in [0.1, 0.15) is 18.1 Å². The fourth-order valence-corrected chi connectivity index (χ4v) is 2.41. The number of ether oxygens (including phenoxy) is 1. The number of nitrogens with one attached hydrogen (secondary N) is 1. The van der Waals surface area contributed by atoms with Crippen molar-refractivity contribution in [3.8, 4) is 11.6 Å². The van der Waals surface area contributed by atoms with Crippen molar-refractivity contribution in [2.45, 2.75) is 20.0 Å². The summed E-state index contributed by atoms with van der Waals surface area (Å²) in [6.45, 7) is 3.14. The van der Waals surface area contributed by atoms with Crippen molar-refractivity contribution in [2.24, 2.45) is 10.9 Å². The average molecular weight is 408 g/mol. The van der Waals surface area contributed by atoms with E-state index in [0.717, 1.165) is 0 Å². The molecule has 0 aliphatic rings. The van der Waals surface area contributed by atoms with Crippen molar-refractivity contribution in [3.05, 3.63) is 83.8 Å². The summed E-state index contributed by atoms with van der Waals surface area (Å²) in [5.41, 5.74) is 7.23. The third kappa shape index (κ3) is 5.32. The summed E-state index contributed by atoms with van der Waals surface area (Å²) in [7, 11) is 0. The third-order valence-electron chi connectivity index (χ3n) is 4.12. The molecule has 3 aromatic rings. The molecule has 0 fully saturated rings. The number of carbonyl (C=O) groups is 1. The van der Waals surface area contributed by atoms with Gasteiger partial charge in [-0.25, -0.2) is 9.37 Å². The number of amidine groups is 1. The fourth-order valence-electron chi connectivity index (χ4n) is 2.41. The number of halogens is 1. The lowest BCUT2D eigenvalue weighted by molar-refractivity contribution is -0.126. The van der Waals surface area contributed by atoms with E-state index in [1.807, 2.05) is 18.2 Å². The van der Waals surface area contributed by atoms with Crippen LogP contribution in [0.3, 0.4) is 0 Å². The highest BCUT2D eigenvalue weighted by atomic mass is 19.1. The molecule has 1 aromatic heterocycles. The van der Waals surface area contributed by atoms with Crippen LogP contribution in [0.25, 0.3) is 0 Å². The van der Waals surface area contributed by atoms with Crippen molar-refractivity contribution >= 4 is 17.4 Å². The van der Waals surface area contributed by atoms with Gasteiger partial charge < -0.3 is 20.6 Å². The Hall–Kier alpha value is -3.94. The Morgan fingerprint density at radius 2 is 1.93 bits per heavy atom. The summed E-state index contributed by atoms with van der Waals surface area (Å²) in [6, 6.07) is 16.9. The molecule has 0 radical (unpaired) electrons. The molecule has 30 heavy (non-hydrogen) atoms. The zero-order valence-electron chi connectivity index (χ0n) is 16.5. The van der Waals surface area contributed by atoms with Gasteiger partial charge in [0.1, 0.15) is 11.6 Å². The van der Waals surface area contributed by atoms with Gasteiger partial charge in [0, 0.05) is 11.9 Å². The first-order chi connectivity index (χ1) is 14.4. The lowest BCUT2D eigenvalue weighted by atomic mass is 10.2. The van der Waals surface area contributed by atoms with E-state index in [9.17, 15) is 9.18 Å². The Bertz CT molecular complexity index is 1060. The van der Waals surface area contributed by atoms with Gasteiger partial charge in [-0.1, -0.05) is 29.4 Å². The van der Waals surface area contributed by atoms with E-state index in [-0.39, 0.29) is 11.7 Å². The number of aryl methyl sites for hydroxylation is 1. The number of nitrogens with zero attached hydrogens (tertiary/aromatic N) is 2. The highest BCUT2D eigenvalue weighted by Gasteiger charge is 2.16. The molecule has 0 bridgehead atoms. The molecule has 154 valence electrons. The molecule has 1 unspecified atom stereocenters. The van der Waals surface area contributed by atoms with E-state index in [1.54, 1.807) is 49.5 Å². The molecular formula is C22H21FN4O3. The van der Waals surface area contributed by atoms with Gasteiger partial charge in [0.15, 0.2) is 5.84 Å². The van der Waals surface area contributed by atoms with E-state index in [1.165, 1.54) is 13.0 Å². The monoisotopic (exact) mass is 408 g/mol. The number of hydrogen-bond acceptors (Lipinski definition) is 5. The van der Waals surface area contributed by atoms with Gasteiger partial charge in [-0.15, -0.1) is 0 Å². The minimum atomic E-state index is -0.969. The van der Waals surface area contributed by atoms with Crippen molar-refractivity contribution in [1.29, 1.82) is 0 Å². The maximum atomic E-state index is 13.6. The molecule has 1 atom stereocenters. The Morgan fingerprint density at radius 1 is 1.17 bits per heavy atom. The van der Waals surface area contributed by atoms with Crippen LogP contribution < -0.4 is 15.8 Å². The molecule has 8 heteroatoms. The number of amides is 1. The number of hydrogen-bond donors (Lipinski definition) is 2. The van der Waals surface area contributed by atoms with Crippen LogP contribution in [0.15, 0.2) is 72.0 Å². The number of aromatic nitrogens is 1. The highest BCUT2D eigenvalue weighted by molar-refractivity contribution is 5.99. The number of pyridine rings is 1. The van der Waals surface area contributed by atoms with Gasteiger partial charge in [0.05, 0.1) is 5.56 Å². The van der Waals surface area contributed by atoms with Crippen LogP contribution >= 0.6 is 0 Å². The summed E-state index contributed by atoms with van der Waals surface area (Å²) < 4.78 is 19.4. The van der Waals surface area contributed by atoms with E-state index in [0.29, 0.717) is 22.6 Å². The normalized spacial score (nSPS) is 12.2. The largest absolute Gasteiger partial charge is 0.438 e. The quantitative estimate of drug-likeness (QED) is 0.350. The second kappa shape index (κ2) is 9.51. The molecule has 7 nitrogen and oxygen atoms in total. The Balaban J connectivity index is 1.67. The van der Waals surface area contributed by atoms with Crippen molar-refractivity contribution in [3.63, 3.8) is 0 Å². The number of nitrogens with two attached hydrogens (primary N) is 1. The van der Waals surface area contributed by atoms with Gasteiger partial charge in [-0.2, -0.15) is 0 Å². The number of oxime groups is 1. The number of benzene rings is 2. The van der Waals surface area contributed by atoms with Crippen LogP contribution in [-0.2, 0) is 9.63 Å². The lowest BCUT2D eigenvalue weighted by Gasteiger charge is -2.12. The highest BCUT2D eigenvalue weighted by Crippen LogP contribution is 2.22. The first kappa shape index (κ1) is 20.8. The zero-order chi connectivity index (χ0) is 21.5. The minimum Gasteiger partial charge on any atom is -0.438 e. The summed E-state index contributed by atoms with van der Waals surface area (Å²) in [4.78, 5) is 21.7. The molecule has 3 N–H and O–H groups in total. The van der Waals surface area contributed by atoms with Crippen LogP contribution in [0.5, 0.6) is 11.6 Å². The summed E-state index contributed by atoms with van der Waals surface area (Å²) in [5, 5.41) is 6.40. The van der Waals surface area contributed by atoms with Gasteiger partial charge >= 0.3 is 0 Å².